The van der Waals surface area contributed by atoms with E-state index in [2.05, 4.69) is 15.9 Å². The smallest absolute Gasteiger partial charge is 0.227 e. The lowest BCUT2D eigenvalue weighted by molar-refractivity contribution is -0.134. The monoisotopic (exact) mass is 310 g/mol. The van der Waals surface area contributed by atoms with E-state index < -0.39 is 0 Å². The van der Waals surface area contributed by atoms with Crippen LogP contribution in [0.5, 0.6) is 0 Å². The van der Waals surface area contributed by atoms with Gasteiger partial charge in [0.05, 0.1) is 5.92 Å². The van der Waals surface area contributed by atoms with Gasteiger partial charge in [0.25, 0.3) is 0 Å². The Kier molecular flexibility index (Phi) is 4.40. The minimum absolute atomic E-state index is 0.0159. The highest BCUT2D eigenvalue weighted by molar-refractivity contribution is 9.10. The zero-order valence-corrected chi connectivity index (χ0v) is 12.2. The molecule has 0 heterocycles. The van der Waals surface area contributed by atoms with Crippen LogP contribution in [0, 0.1) is 5.92 Å². The second kappa shape index (κ2) is 5.85. The van der Waals surface area contributed by atoms with Gasteiger partial charge in [-0.25, -0.2) is 0 Å². The van der Waals surface area contributed by atoms with Gasteiger partial charge in [-0.3, -0.25) is 4.79 Å². The molecule has 1 aliphatic rings. The molecular weight excluding hydrogens is 292 g/mol. The Morgan fingerprint density at radius 1 is 1.50 bits per heavy atom. The molecule has 0 spiro atoms. The van der Waals surface area contributed by atoms with Gasteiger partial charge in [-0.15, -0.1) is 0 Å². The zero-order valence-electron chi connectivity index (χ0n) is 10.6. The van der Waals surface area contributed by atoms with E-state index in [0.717, 1.165) is 29.3 Å². The normalized spacial score (nSPS) is 23.1. The van der Waals surface area contributed by atoms with Crippen LogP contribution in [0.1, 0.15) is 24.8 Å². The first-order valence-electron chi connectivity index (χ1n) is 6.33. The molecule has 4 heteroatoms. The van der Waals surface area contributed by atoms with Crippen LogP contribution in [0.15, 0.2) is 28.7 Å². The Labute approximate surface area is 116 Å². The van der Waals surface area contributed by atoms with Crippen LogP contribution in [-0.4, -0.2) is 23.9 Å². The molecule has 2 unspecified atom stereocenters. The van der Waals surface area contributed by atoms with E-state index in [-0.39, 0.29) is 17.9 Å². The third-order valence-corrected chi connectivity index (χ3v) is 4.06. The number of amides is 1. The van der Waals surface area contributed by atoms with Crippen molar-refractivity contribution in [2.45, 2.75) is 31.8 Å². The van der Waals surface area contributed by atoms with E-state index in [9.17, 15) is 4.79 Å². The number of rotatable bonds is 3. The molecule has 1 amide bonds. The topological polar surface area (TPSA) is 46.3 Å². The Morgan fingerprint density at radius 3 is 2.89 bits per heavy atom. The summed E-state index contributed by atoms with van der Waals surface area (Å²) in [4.78, 5) is 14.1. The fourth-order valence-electron chi connectivity index (χ4n) is 2.57. The molecule has 0 bridgehead atoms. The van der Waals surface area contributed by atoms with Gasteiger partial charge in [0.1, 0.15) is 0 Å². The minimum Gasteiger partial charge on any atom is -0.341 e. The van der Waals surface area contributed by atoms with Crippen molar-refractivity contribution < 1.29 is 4.79 Å². The van der Waals surface area contributed by atoms with Gasteiger partial charge in [-0.2, -0.15) is 0 Å². The van der Waals surface area contributed by atoms with E-state index in [0.29, 0.717) is 6.54 Å². The molecule has 18 heavy (non-hydrogen) atoms. The van der Waals surface area contributed by atoms with Crippen molar-refractivity contribution in [2.24, 2.45) is 11.7 Å². The Balaban J connectivity index is 1.99. The van der Waals surface area contributed by atoms with Crippen molar-refractivity contribution in [1.29, 1.82) is 0 Å². The number of halogens is 1. The van der Waals surface area contributed by atoms with Crippen LogP contribution in [0.3, 0.4) is 0 Å². The van der Waals surface area contributed by atoms with Crippen molar-refractivity contribution >= 4 is 21.8 Å². The van der Waals surface area contributed by atoms with Crippen LogP contribution in [0.4, 0.5) is 0 Å². The van der Waals surface area contributed by atoms with Crippen LogP contribution < -0.4 is 5.73 Å². The van der Waals surface area contributed by atoms with Gasteiger partial charge in [0.2, 0.25) is 5.91 Å². The summed E-state index contributed by atoms with van der Waals surface area (Å²) in [6.45, 7) is 0.640. The summed E-state index contributed by atoms with van der Waals surface area (Å²) in [5.41, 5.74) is 7.11. The lowest BCUT2D eigenvalue weighted by Gasteiger charge is -2.23. The summed E-state index contributed by atoms with van der Waals surface area (Å²) in [5.74, 6) is 0.196. The number of nitrogens with zero attached hydrogens (tertiary/aromatic N) is 1. The maximum absolute atomic E-state index is 12.3. The van der Waals surface area contributed by atoms with Crippen molar-refractivity contribution in [2.75, 3.05) is 7.05 Å². The average Bonchev–Trinajstić information content (AvgIpc) is 2.74. The summed E-state index contributed by atoms with van der Waals surface area (Å²) < 4.78 is 1.04. The summed E-state index contributed by atoms with van der Waals surface area (Å²) in [6, 6.07) is 8.08. The van der Waals surface area contributed by atoms with Crippen molar-refractivity contribution in [1.82, 2.24) is 4.90 Å². The molecule has 2 N–H and O–H groups in total. The van der Waals surface area contributed by atoms with Crippen LogP contribution >= 0.6 is 15.9 Å². The van der Waals surface area contributed by atoms with Crippen molar-refractivity contribution in [3.63, 3.8) is 0 Å². The first-order valence-corrected chi connectivity index (χ1v) is 7.12. The quantitative estimate of drug-likeness (QED) is 0.932. The summed E-state index contributed by atoms with van der Waals surface area (Å²) in [5, 5.41) is 0. The Bertz CT molecular complexity index is 436. The predicted octanol–water partition coefficient (Wildman–Crippen LogP) is 2.53. The second-order valence-corrected chi connectivity index (χ2v) is 5.94. The summed E-state index contributed by atoms with van der Waals surface area (Å²) >= 11 is 3.44. The van der Waals surface area contributed by atoms with Gasteiger partial charge >= 0.3 is 0 Å². The summed E-state index contributed by atoms with van der Waals surface area (Å²) in [6.07, 6.45) is 2.98. The van der Waals surface area contributed by atoms with Gasteiger partial charge in [0, 0.05) is 24.1 Å². The average molecular weight is 311 g/mol. The Morgan fingerprint density at radius 2 is 2.28 bits per heavy atom. The number of hydrogen-bond donors (Lipinski definition) is 1. The molecular formula is C14H19BrN2O. The van der Waals surface area contributed by atoms with Crippen LogP contribution in [0.25, 0.3) is 0 Å². The largest absolute Gasteiger partial charge is 0.341 e. The standard InChI is InChI=1S/C14H19BrN2O/c1-17(9-10-4-2-5-11(15)8-10)14(18)12-6-3-7-13(12)16/h2,4-5,8,12-13H,3,6-7,9,16H2,1H3. The highest BCUT2D eigenvalue weighted by Gasteiger charge is 2.32. The molecule has 1 aliphatic carbocycles. The lowest BCUT2D eigenvalue weighted by atomic mass is 10.0. The molecule has 1 aromatic rings. The van der Waals surface area contributed by atoms with Crippen LogP contribution in [0.2, 0.25) is 0 Å². The fraction of sp³-hybridized carbons (Fsp3) is 0.500. The highest BCUT2D eigenvalue weighted by Crippen LogP contribution is 2.26. The molecule has 3 nitrogen and oxygen atoms in total. The molecule has 1 aromatic carbocycles. The molecule has 0 aliphatic heterocycles. The number of benzene rings is 1. The number of carbonyl (C=O) groups excluding carboxylic acids is 1. The first-order chi connectivity index (χ1) is 8.58. The molecule has 0 aromatic heterocycles. The maximum Gasteiger partial charge on any atom is 0.227 e. The van der Waals surface area contributed by atoms with Crippen LogP contribution in [-0.2, 0) is 11.3 Å². The molecule has 0 saturated heterocycles. The van der Waals surface area contributed by atoms with E-state index in [1.165, 1.54) is 0 Å². The molecule has 2 atom stereocenters. The minimum atomic E-state index is 0.0159. The fourth-order valence-corrected chi connectivity index (χ4v) is 3.01. The van der Waals surface area contributed by atoms with Gasteiger partial charge in [-0.05, 0) is 30.5 Å². The third kappa shape index (κ3) is 3.12. The molecule has 2 rings (SSSR count). The first kappa shape index (κ1) is 13.6. The zero-order chi connectivity index (χ0) is 13.1. The SMILES string of the molecule is CN(Cc1cccc(Br)c1)C(=O)C1CCCC1N. The summed E-state index contributed by atoms with van der Waals surface area (Å²) in [7, 11) is 1.86. The van der Waals surface area contributed by atoms with Gasteiger partial charge in [0.15, 0.2) is 0 Å². The van der Waals surface area contributed by atoms with E-state index in [1.807, 2.05) is 31.3 Å². The second-order valence-electron chi connectivity index (χ2n) is 5.03. The molecule has 98 valence electrons. The maximum atomic E-state index is 12.3. The van der Waals surface area contributed by atoms with Gasteiger partial charge < -0.3 is 10.6 Å². The molecule has 1 saturated carbocycles. The van der Waals surface area contributed by atoms with E-state index in [1.54, 1.807) is 4.90 Å². The number of hydrogen-bond acceptors (Lipinski definition) is 2. The number of carbonyl (C=O) groups is 1. The Hall–Kier alpha value is -0.870. The van der Waals surface area contributed by atoms with Crippen molar-refractivity contribution in [3.8, 4) is 0 Å². The molecule has 0 radical (unpaired) electrons. The van der Waals surface area contributed by atoms with Crippen molar-refractivity contribution in [3.05, 3.63) is 34.3 Å². The van der Waals surface area contributed by atoms with E-state index in [4.69, 9.17) is 5.73 Å². The van der Waals surface area contributed by atoms with E-state index >= 15 is 0 Å². The predicted molar refractivity (Wildman–Crippen MR) is 75.9 cm³/mol. The lowest BCUT2D eigenvalue weighted by Crippen LogP contribution is -2.39. The number of nitrogens with two attached hydrogens (primary N) is 1. The van der Waals surface area contributed by atoms with Gasteiger partial charge in [-0.1, -0.05) is 34.5 Å². The molecule has 1 fully saturated rings. The highest BCUT2D eigenvalue weighted by atomic mass is 79.9. The third-order valence-electron chi connectivity index (χ3n) is 3.57.